The number of rotatable bonds is 4. The van der Waals surface area contributed by atoms with Gasteiger partial charge in [0.1, 0.15) is 5.82 Å². The lowest BCUT2D eigenvalue weighted by atomic mass is 10.1. The first kappa shape index (κ1) is 21.8. The summed E-state index contributed by atoms with van der Waals surface area (Å²) in [6.07, 6.45) is 0.901. The van der Waals surface area contributed by atoms with Gasteiger partial charge < -0.3 is 4.90 Å². The summed E-state index contributed by atoms with van der Waals surface area (Å²) in [5.74, 6) is -0.419. The van der Waals surface area contributed by atoms with Gasteiger partial charge in [0.25, 0.3) is 0 Å². The largest absolute Gasteiger partial charge is 0.348 e. The average Bonchev–Trinajstić information content (AvgIpc) is 3.20. The number of hydrogen-bond donors (Lipinski definition) is 0. The summed E-state index contributed by atoms with van der Waals surface area (Å²) in [7, 11) is -3.58. The summed E-state index contributed by atoms with van der Waals surface area (Å²) in [5, 5.41) is 2.68. The van der Waals surface area contributed by atoms with Crippen LogP contribution in [-0.2, 0) is 9.84 Å². The van der Waals surface area contributed by atoms with E-state index in [0.717, 1.165) is 5.13 Å². The molecule has 4 nitrogen and oxygen atoms in total. The van der Waals surface area contributed by atoms with Gasteiger partial charge >= 0.3 is 0 Å². The summed E-state index contributed by atoms with van der Waals surface area (Å²) in [5.41, 5.74) is 1.24. The fourth-order valence-corrected chi connectivity index (χ4v) is 7.09. The first-order chi connectivity index (χ1) is 14.3. The van der Waals surface area contributed by atoms with Crippen molar-refractivity contribution in [2.45, 2.75) is 23.0 Å². The number of anilines is 1. The van der Waals surface area contributed by atoms with Gasteiger partial charge in [0.15, 0.2) is 15.0 Å². The van der Waals surface area contributed by atoms with Crippen molar-refractivity contribution >= 4 is 61.1 Å². The summed E-state index contributed by atoms with van der Waals surface area (Å²) in [6.45, 7) is 1.08. The van der Waals surface area contributed by atoms with Gasteiger partial charge in [0, 0.05) is 29.1 Å². The van der Waals surface area contributed by atoms with Crippen LogP contribution in [-0.4, -0.2) is 31.7 Å². The molecule has 2 aromatic carbocycles. The van der Waals surface area contributed by atoms with Crippen molar-refractivity contribution in [2.24, 2.45) is 0 Å². The monoisotopic (exact) mass is 504 g/mol. The number of piperidine rings is 1. The van der Waals surface area contributed by atoms with E-state index < -0.39 is 20.9 Å². The van der Waals surface area contributed by atoms with Gasteiger partial charge in [-0.1, -0.05) is 40.9 Å². The van der Waals surface area contributed by atoms with Crippen molar-refractivity contribution in [3.63, 3.8) is 0 Å². The molecule has 1 aromatic heterocycles. The SMILES string of the molecule is O=S(=O)(c1cccc(Cl)c1Cl)C1CCN(c2nc(-c3cc(F)cc(Cl)c3)cs2)CC1. The summed E-state index contributed by atoms with van der Waals surface area (Å²) >= 11 is 19.5. The van der Waals surface area contributed by atoms with E-state index in [1.54, 1.807) is 18.2 Å². The molecule has 1 aliphatic heterocycles. The van der Waals surface area contributed by atoms with Crippen molar-refractivity contribution < 1.29 is 12.8 Å². The zero-order valence-electron chi connectivity index (χ0n) is 15.5. The molecule has 158 valence electrons. The molecule has 30 heavy (non-hydrogen) atoms. The third-order valence-electron chi connectivity index (χ3n) is 5.02. The van der Waals surface area contributed by atoms with Crippen LogP contribution in [0.1, 0.15) is 12.8 Å². The van der Waals surface area contributed by atoms with Gasteiger partial charge in [-0.05, 0) is 43.2 Å². The summed E-state index contributed by atoms with van der Waals surface area (Å²) < 4.78 is 39.7. The van der Waals surface area contributed by atoms with Gasteiger partial charge in [-0.25, -0.2) is 17.8 Å². The summed E-state index contributed by atoms with van der Waals surface area (Å²) in [4.78, 5) is 6.71. The molecule has 1 saturated heterocycles. The van der Waals surface area contributed by atoms with E-state index in [1.165, 1.54) is 29.5 Å². The standard InChI is InChI=1S/C20H16Cl3FN2O2S2/c21-13-8-12(9-14(24)10-13)17-11-29-20(25-17)26-6-4-15(5-7-26)30(27,28)18-3-1-2-16(22)19(18)23/h1-3,8-11,15H,4-7H2. The van der Waals surface area contributed by atoms with Gasteiger partial charge in [0.05, 0.1) is 25.9 Å². The number of halogens is 4. The normalized spacial score (nSPS) is 15.5. The summed E-state index contributed by atoms with van der Waals surface area (Å²) in [6, 6.07) is 8.95. The van der Waals surface area contributed by atoms with E-state index in [4.69, 9.17) is 34.8 Å². The fourth-order valence-electron chi connectivity index (χ4n) is 3.48. The van der Waals surface area contributed by atoms with Crippen LogP contribution in [0.2, 0.25) is 15.1 Å². The van der Waals surface area contributed by atoms with E-state index >= 15 is 0 Å². The zero-order valence-corrected chi connectivity index (χ0v) is 19.4. The number of thiazole rings is 1. The maximum absolute atomic E-state index is 13.6. The molecule has 0 atom stereocenters. The molecular weight excluding hydrogens is 490 g/mol. The molecule has 0 unspecified atom stereocenters. The van der Waals surface area contributed by atoms with Crippen molar-refractivity contribution in [2.75, 3.05) is 18.0 Å². The van der Waals surface area contributed by atoms with Crippen LogP contribution in [0.25, 0.3) is 11.3 Å². The first-order valence-corrected chi connectivity index (χ1v) is 12.7. The van der Waals surface area contributed by atoms with E-state index in [-0.39, 0.29) is 14.9 Å². The highest BCUT2D eigenvalue weighted by molar-refractivity contribution is 7.92. The van der Waals surface area contributed by atoms with E-state index in [9.17, 15) is 12.8 Å². The minimum atomic E-state index is -3.58. The number of hydrogen-bond acceptors (Lipinski definition) is 5. The first-order valence-electron chi connectivity index (χ1n) is 9.10. The van der Waals surface area contributed by atoms with E-state index in [0.29, 0.717) is 42.2 Å². The van der Waals surface area contributed by atoms with E-state index in [1.807, 2.05) is 10.3 Å². The third kappa shape index (κ3) is 4.32. The molecule has 3 aromatic rings. The molecule has 10 heteroatoms. The van der Waals surface area contributed by atoms with Crippen LogP contribution >= 0.6 is 46.1 Å². The molecule has 0 radical (unpaired) electrons. The molecule has 1 aliphatic rings. The Morgan fingerprint density at radius 2 is 1.83 bits per heavy atom. The van der Waals surface area contributed by atoms with Gasteiger partial charge in [-0.2, -0.15) is 0 Å². The minimum absolute atomic E-state index is 0.0694. The van der Waals surface area contributed by atoms with Crippen LogP contribution in [0.4, 0.5) is 9.52 Å². The molecule has 1 fully saturated rings. The van der Waals surface area contributed by atoms with Gasteiger partial charge in [0.2, 0.25) is 0 Å². The highest BCUT2D eigenvalue weighted by Crippen LogP contribution is 2.35. The van der Waals surface area contributed by atoms with Crippen LogP contribution in [0, 0.1) is 5.82 Å². The molecule has 0 bridgehead atoms. The molecular formula is C20H16Cl3FN2O2S2. The van der Waals surface area contributed by atoms with Crippen molar-refractivity contribution in [3.05, 3.63) is 62.7 Å². The Labute approximate surface area is 193 Å². The topological polar surface area (TPSA) is 50.3 Å². The van der Waals surface area contributed by atoms with Crippen molar-refractivity contribution in [3.8, 4) is 11.3 Å². The maximum Gasteiger partial charge on any atom is 0.185 e. The molecule has 0 N–H and O–H groups in total. The van der Waals surface area contributed by atoms with Crippen molar-refractivity contribution in [1.29, 1.82) is 0 Å². The van der Waals surface area contributed by atoms with Crippen LogP contribution in [0.3, 0.4) is 0 Å². The highest BCUT2D eigenvalue weighted by atomic mass is 35.5. The van der Waals surface area contributed by atoms with Gasteiger partial charge in [-0.3, -0.25) is 0 Å². The molecule has 4 rings (SSSR count). The van der Waals surface area contributed by atoms with Crippen LogP contribution < -0.4 is 4.90 Å². The second-order valence-electron chi connectivity index (χ2n) is 6.96. The lowest BCUT2D eigenvalue weighted by Gasteiger charge is -2.31. The Bertz CT molecular complexity index is 1170. The average molecular weight is 506 g/mol. The Kier molecular flexibility index (Phi) is 6.28. The quantitative estimate of drug-likeness (QED) is 0.414. The molecule has 2 heterocycles. The molecule has 0 spiro atoms. The molecule has 0 amide bonds. The second-order valence-corrected chi connectivity index (χ2v) is 11.2. The number of aromatic nitrogens is 1. The third-order valence-corrected chi connectivity index (χ3v) is 9.38. The van der Waals surface area contributed by atoms with Gasteiger partial charge in [-0.15, -0.1) is 11.3 Å². The number of benzene rings is 2. The highest BCUT2D eigenvalue weighted by Gasteiger charge is 2.33. The smallest absolute Gasteiger partial charge is 0.185 e. The number of sulfone groups is 1. The Morgan fingerprint density at radius 3 is 2.53 bits per heavy atom. The molecule has 0 saturated carbocycles. The minimum Gasteiger partial charge on any atom is -0.348 e. The second kappa shape index (κ2) is 8.63. The Balaban J connectivity index is 1.49. The Morgan fingerprint density at radius 1 is 1.10 bits per heavy atom. The van der Waals surface area contributed by atoms with Crippen LogP contribution in [0.15, 0.2) is 46.7 Å². The maximum atomic E-state index is 13.6. The Hall–Kier alpha value is -1.38. The fraction of sp³-hybridized carbons (Fsp3) is 0.250. The van der Waals surface area contributed by atoms with Crippen LogP contribution in [0.5, 0.6) is 0 Å². The zero-order chi connectivity index (χ0) is 21.5. The lowest BCUT2D eigenvalue weighted by molar-refractivity contribution is 0.529. The predicted octanol–water partition coefficient (Wildman–Crippen LogP) is 6.35. The van der Waals surface area contributed by atoms with E-state index in [2.05, 4.69) is 4.98 Å². The number of nitrogens with zero attached hydrogens (tertiary/aromatic N) is 2. The van der Waals surface area contributed by atoms with Crippen molar-refractivity contribution in [1.82, 2.24) is 4.98 Å². The predicted molar refractivity (Wildman–Crippen MR) is 121 cm³/mol. The lowest BCUT2D eigenvalue weighted by Crippen LogP contribution is -2.39. The molecule has 0 aliphatic carbocycles.